The number of aromatic nitrogens is 2. The number of thiophene rings is 1. The molecule has 0 atom stereocenters. The van der Waals surface area contributed by atoms with Crippen LogP contribution in [-0.2, 0) is 22.4 Å². The van der Waals surface area contributed by atoms with Crippen molar-refractivity contribution in [1.29, 1.82) is 0 Å². The maximum absolute atomic E-state index is 12.8. The molecule has 0 saturated heterocycles. The van der Waals surface area contributed by atoms with E-state index in [0.29, 0.717) is 31.3 Å². The molecule has 1 aliphatic rings. The Morgan fingerprint density at radius 2 is 1.79 bits per heavy atom. The first-order valence-corrected chi connectivity index (χ1v) is 15.1. The quantitative estimate of drug-likeness (QED) is 0.135. The molecule has 0 fully saturated rings. The molecular weight excluding hydrogens is 545 g/mol. The summed E-state index contributed by atoms with van der Waals surface area (Å²) in [6.07, 6.45) is 5.01. The number of hydrogen-bond acceptors (Lipinski definition) is 10. The van der Waals surface area contributed by atoms with Crippen molar-refractivity contribution in [3.63, 3.8) is 0 Å². The van der Waals surface area contributed by atoms with E-state index in [1.165, 1.54) is 34.4 Å². The van der Waals surface area contributed by atoms with Crippen LogP contribution in [0.15, 0.2) is 28.6 Å². The topological polar surface area (TPSA) is 120 Å². The number of aryl methyl sites for hydroxylation is 1. The van der Waals surface area contributed by atoms with Gasteiger partial charge in [0.25, 0.3) is 5.91 Å². The Morgan fingerprint density at radius 3 is 2.53 bits per heavy atom. The molecular formula is C26H30N4O5S3. The molecule has 38 heavy (non-hydrogen) atoms. The summed E-state index contributed by atoms with van der Waals surface area (Å²) in [7, 11) is 0. The molecule has 1 aromatic carbocycles. The molecule has 0 spiro atoms. The van der Waals surface area contributed by atoms with Crippen LogP contribution < -0.4 is 15.4 Å². The molecule has 2 amide bonds. The van der Waals surface area contributed by atoms with Gasteiger partial charge in [0.05, 0.1) is 24.0 Å². The fraction of sp³-hybridized carbons (Fsp3) is 0.423. The van der Waals surface area contributed by atoms with Gasteiger partial charge in [-0.2, -0.15) is 0 Å². The minimum atomic E-state index is -0.388. The number of hydrogen-bond donors (Lipinski definition) is 2. The number of thioether (sulfide) groups is 1. The second kappa shape index (κ2) is 13.2. The van der Waals surface area contributed by atoms with E-state index < -0.39 is 0 Å². The number of rotatable bonds is 10. The van der Waals surface area contributed by atoms with Gasteiger partial charge in [0, 0.05) is 10.4 Å². The van der Waals surface area contributed by atoms with Crippen molar-refractivity contribution >= 4 is 62.4 Å². The zero-order chi connectivity index (χ0) is 27.1. The average Bonchev–Trinajstić information content (AvgIpc) is 3.39. The van der Waals surface area contributed by atoms with Gasteiger partial charge in [0.1, 0.15) is 10.8 Å². The van der Waals surface area contributed by atoms with E-state index in [9.17, 15) is 14.4 Å². The molecule has 9 nitrogen and oxygen atoms in total. The lowest BCUT2D eigenvalue weighted by atomic mass is 10.1. The number of fused-ring (bicyclic) bond motifs is 1. The first kappa shape index (κ1) is 28.1. The summed E-state index contributed by atoms with van der Waals surface area (Å²) < 4.78 is 11.4. The van der Waals surface area contributed by atoms with E-state index in [1.807, 2.05) is 13.8 Å². The Morgan fingerprint density at radius 1 is 1.03 bits per heavy atom. The van der Waals surface area contributed by atoms with Crippen molar-refractivity contribution in [3.8, 4) is 5.75 Å². The first-order valence-electron chi connectivity index (χ1n) is 12.5. The summed E-state index contributed by atoms with van der Waals surface area (Å²) >= 11 is 3.87. The Bertz CT molecular complexity index is 1290. The maximum Gasteiger partial charge on any atom is 0.341 e. The van der Waals surface area contributed by atoms with Gasteiger partial charge in [0.2, 0.25) is 11.0 Å². The first-order chi connectivity index (χ1) is 18.3. The number of anilines is 2. The normalized spacial score (nSPS) is 12.9. The second-order valence-corrected chi connectivity index (χ2v) is 12.1. The third-order valence-electron chi connectivity index (χ3n) is 5.60. The average molecular weight is 575 g/mol. The molecule has 2 aromatic heterocycles. The van der Waals surface area contributed by atoms with E-state index in [2.05, 4.69) is 20.8 Å². The van der Waals surface area contributed by atoms with Crippen LogP contribution in [0.5, 0.6) is 5.75 Å². The third-order valence-corrected chi connectivity index (χ3v) is 8.78. The van der Waals surface area contributed by atoms with Gasteiger partial charge in [-0.3, -0.25) is 14.9 Å². The van der Waals surface area contributed by atoms with Crippen LogP contribution in [0.2, 0.25) is 0 Å². The zero-order valence-corrected chi connectivity index (χ0v) is 23.9. The SMILES string of the molecule is CCOC(=O)c1c(NC(=O)CSc2nnc(NC(=O)c3ccc(OC(C)C)cc3)s2)sc2c1CCCCC2. The molecule has 0 bridgehead atoms. The highest BCUT2D eigenvalue weighted by Gasteiger charge is 2.26. The monoisotopic (exact) mass is 574 g/mol. The third kappa shape index (κ3) is 7.33. The van der Waals surface area contributed by atoms with Crippen LogP contribution in [0.25, 0.3) is 0 Å². The smallest absolute Gasteiger partial charge is 0.341 e. The molecule has 2 N–H and O–H groups in total. The van der Waals surface area contributed by atoms with Crippen LogP contribution >= 0.6 is 34.4 Å². The molecule has 202 valence electrons. The molecule has 0 saturated carbocycles. The highest BCUT2D eigenvalue weighted by molar-refractivity contribution is 8.01. The summed E-state index contributed by atoms with van der Waals surface area (Å²) in [6.45, 7) is 5.92. The van der Waals surface area contributed by atoms with E-state index in [0.717, 1.165) is 42.5 Å². The highest BCUT2D eigenvalue weighted by atomic mass is 32.2. The lowest BCUT2D eigenvalue weighted by Crippen LogP contribution is -2.16. The lowest BCUT2D eigenvalue weighted by molar-refractivity contribution is -0.113. The standard InChI is InChI=1S/C26H30N4O5S3/c1-4-34-24(33)21-18-8-6-5-7-9-19(18)37-23(21)27-20(31)14-36-26-30-29-25(38-26)28-22(32)16-10-12-17(13-11-16)35-15(2)3/h10-13,15H,4-9,14H2,1-3H3,(H,27,31)(H,28,29,32). The Balaban J connectivity index is 1.33. The van der Waals surface area contributed by atoms with Crippen LogP contribution in [0, 0.1) is 0 Å². The van der Waals surface area contributed by atoms with E-state index in [-0.39, 0.29) is 36.2 Å². The summed E-state index contributed by atoms with van der Waals surface area (Å²) in [5, 5.41) is 14.6. The van der Waals surface area contributed by atoms with Gasteiger partial charge < -0.3 is 14.8 Å². The molecule has 4 rings (SSSR count). The van der Waals surface area contributed by atoms with Crippen LogP contribution in [0.4, 0.5) is 10.1 Å². The molecule has 3 aromatic rings. The Hall–Kier alpha value is -2.96. The number of ether oxygens (including phenoxy) is 2. The molecule has 12 heteroatoms. The summed E-state index contributed by atoms with van der Waals surface area (Å²) in [5.74, 6) is -0.166. The van der Waals surface area contributed by atoms with Gasteiger partial charge in [0.15, 0.2) is 4.34 Å². The minimum Gasteiger partial charge on any atom is -0.491 e. The Labute approximate surface area is 233 Å². The van der Waals surface area contributed by atoms with Gasteiger partial charge in [-0.15, -0.1) is 21.5 Å². The van der Waals surface area contributed by atoms with Crippen LogP contribution in [-0.4, -0.2) is 46.4 Å². The van der Waals surface area contributed by atoms with Crippen molar-refractivity contribution in [1.82, 2.24) is 10.2 Å². The van der Waals surface area contributed by atoms with Crippen molar-refractivity contribution in [3.05, 3.63) is 45.8 Å². The minimum absolute atomic E-state index is 0.0499. The number of nitrogens with zero attached hydrogens (tertiary/aromatic N) is 2. The fourth-order valence-electron chi connectivity index (χ4n) is 3.98. The number of nitrogens with one attached hydrogen (secondary N) is 2. The second-order valence-electron chi connectivity index (χ2n) is 8.84. The van der Waals surface area contributed by atoms with Crippen molar-refractivity contribution < 1.29 is 23.9 Å². The van der Waals surface area contributed by atoms with Crippen LogP contribution in [0.1, 0.15) is 71.2 Å². The van der Waals surface area contributed by atoms with Gasteiger partial charge in [-0.1, -0.05) is 29.5 Å². The summed E-state index contributed by atoms with van der Waals surface area (Å²) in [4.78, 5) is 39.2. The van der Waals surface area contributed by atoms with Gasteiger partial charge >= 0.3 is 5.97 Å². The summed E-state index contributed by atoms with van der Waals surface area (Å²) in [6, 6.07) is 6.85. The molecule has 0 aliphatic heterocycles. The van der Waals surface area contributed by atoms with Crippen molar-refractivity contribution in [2.24, 2.45) is 0 Å². The molecule has 0 radical (unpaired) electrons. The van der Waals surface area contributed by atoms with Gasteiger partial charge in [-0.25, -0.2) is 4.79 Å². The van der Waals surface area contributed by atoms with E-state index >= 15 is 0 Å². The zero-order valence-electron chi connectivity index (χ0n) is 21.5. The largest absolute Gasteiger partial charge is 0.491 e. The summed E-state index contributed by atoms with van der Waals surface area (Å²) in [5.41, 5.74) is 1.98. The molecule has 0 unspecified atom stereocenters. The highest BCUT2D eigenvalue weighted by Crippen LogP contribution is 2.38. The van der Waals surface area contributed by atoms with E-state index in [4.69, 9.17) is 9.47 Å². The molecule has 2 heterocycles. The number of carbonyl (C=O) groups excluding carboxylic acids is 3. The number of amides is 2. The lowest BCUT2D eigenvalue weighted by Gasteiger charge is -2.09. The fourth-order valence-corrected chi connectivity index (χ4v) is 6.83. The van der Waals surface area contributed by atoms with Crippen molar-refractivity contribution in [2.45, 2.75) is 63.3 Å². The predicted molar refractivity (Wildman–Crippen MR) is 151 cm³/mol. The van der Waals surface area contributed by atoms with E-state index in [1.54, 1.807) is 31.2 Å². The predicted octanol–water partition coefficient (Wildman–Crippen LogP) is 5.82. The van der Waals surface area contributed by atoms with Gasteiger partial charge in [-0.05, 0) is 76.3 Å². The Kier molecular flexibility index (Phi) is 9.75. The van der Waals surface area contributed by atoms with Crippen molar-refractivity contribution in [2.75, 3.05) is 23.0 Å². The number of carbonyl (C=O) groups is 3. The number of esters is 1. The van der Waals surface area contributed by atoms with Crippen LogP contribution in [0.3, 0.4) is 0 Å². The number of benzene rings is 1. The maximum atomic E-state index is 12.8. The molecule has 1 aliphatic carbocycles.